The van der Waals surface area contributed by atoms with E-state index < -0.39 is 11.7 Å². The second-order valence-corrected chi connectivity index (χ2v) is 4.91. The van der Waals surface area contributed by atoms with E-state index in [2.05, 4.69) is 10.3 Å². The molecule has 0 spiro atoms. The molecule has 6 nitrogen and oxygen atoms in total. The highest BCUT2D eigenvalue weighted by molar-refractivity contribution is 5.94. The number of aromatic nitrogens is 1. The van der Waals surface area contributed by atoms with Gasteiger partial charge in [-0.3, -0.25) is 9.78 Å². The summed E-state index contributed by atoms with van der Waals surface area (Å²) in [5.74, 6) is -0.0113. The van der Waals surface area contributed by atoms with Crippen molar-refractivity contribution in [3.8, 4) is 5.75 Å². The van der Waals surface area contributed by atoms with Crippen LogP contribution in [0.15, 0.2) is 64.1 Å². The van der Waals surface area contributed by atoms with Gasteiger partial charge in [0, 0.05) is 18.1 Å². The Morgan fingerprint density at radius 1 is 1.22 bits per heavy atom. The summed E-state index contributed by atoms with van der Waals surface area (Å²) >= 11 is 0. The first-order chi connectivity index (χ1) is 11.1. The van der Waals surface area contributed by atoms with Gasteiger partial charge in [0.05, 0.1) is 11.5 Å². The third kappa shape index (κ3) is 3.37. The van der Waals surface area contributed by atoms with Crippen molar-refractivity contribution < 1.29 is 13.9 Å². The number of hydrogen-bond donors (Lipinski definition) is 1. The number of ether oxygens (including phenoxy) is 1. The fourth-order valence-electron chi connectivity index (χ4n) is 2.10. The molecule has 3 rings (SSSR count). The van der Waals surface area contributed by atoms with Crippen LogP contribution in [-0.2, 0) is 4.79 Å². The molecule has 0 saturated carbocycles. The van der Waals surface area contributed by atoms with E-state index in [9.17, 15) is 9.59 Å². The van der Waals surface area contributed by atoms with Crippen LogP contribution < -0.4 is 15.7 Å². The van der Waals surface area contributed by atoms with Gasteiger partial charge in [0.15, 0.2) is 6.10 Å². The average Bonchev–Trinajstić information content (AvgIpc) is 2.55. The number of hydrogen-bond acceptors (Lipinski definition) is 5. The molecule has 0 fully saturated rings. The van der Waals surface area contributed by atoms with Crippen molar-refractivity contribution in [3.63, 3.8) is 0 Å². The quantitative estimate of drug-likeness (QED) is 0.749. The summed E-state index contributed by atoms with van der Waals surface area (Å²) in [4.78, 5) is 27.7. The van der Waals surface area contributed by atoms with Gasteiger partial charge in [0.25, 0.3) is 5.91 Å². The summed E-state index contributed by atoms with van der Waals surface area (Å²) in [7, 11) is 0. The largest absolute Gasteiger partial charge is 0.480 e. The normalized spacial score (nSPS) is 11.9. The molecule has 6 heteroatoms. The number of rotatable bonds is 4. The lowest BCUT2D eigenvalue weighted by molar-refractivity contribution is -0.122. The number of nitrogens with zero attached hydrogens (tertiary/aromatic N) is 1. The molecule has 3 aromatic rings. The first-order valence-corrected chi connectivity index (χ1v) is 7.04. The minimum Gasteiger partial charge on any atom is -0.480 e. The van der Waals surface area contributed by atoms with Crippen molar-refractivity contribution in [2.75, 3.05) is 5.32 Å². The number of carbonyl (C=O) groups excluding carboxylic acids is 1. The lowest BCUT2D eigenvalue weighted by Gasteiger charge is -2.15. The van der Waals surface area contributed by atoms with Crippen LogP contribution in [0.4, 0.5) is 5.69 Å². The minimum atomic E-state index is -0.784. The molecule has 1 N–H and O–H groups in total. The monoisotopic (exact) mass is 310 g/mol. The molecule has 1 amide bonds. The van der Waals surface area contributed by atoms with Crippen LogP contribution in [-0.4, -0.2) is 17.0 Å². The molecule has 23 heavy (non-hydrogen) atoms. The maximum Gasteiger partial charge on any atom is 0.339 e. The van der Waals surface area contributed by atoms with Gasteiger partial charge in [-0.1, -0.05) is 12.1 Å². The number of benzene rings is 1. The number of amides is 1. The SMILES string of the molecule is CC(Oc1cc(=O)oc2ccccc12)C(=O)Nc1ccncc1. The maximum absolute atomic E-state index is 12.2. The van der Waals surface area contributed by atoms with Gasteiger partial charge in [-0.05, 0) is 31.2 Å². The highest BCUT2D eigenvalue weighted by Crippen LogP contribution is 2.24. The van der Waals surface area contributed by atoms with Crippen LogP contribution in [0.3, 0.4) is 0 Å². The van der Waals surface area contributed by atoms with Gasteiger partial charge in [-0.25, -0.2) is 4.79 Å². The number of para-hydroxylation sites is 1. The summed E-state index contributed by atoms with van der Waals surface area (Å²) in [6.07, 6.45) is 2.38. The zero-order valence-electron chi connectivity index (χ0n) is 12.4. The van der Waals surface area contributed by atoms with E-state index >= 15 is 0 Å². The number of carbonyl (C=O) groups is 1. The third-order valence-corrected chi connectivity index (χ3v) is 3.23. The Kier molecular flexibility index (Phi) is 4.05. The van der Waals surface area contributed by atoms with Crippen LogP contribution in [0.5, 0.6) is 5.75 Å². The Labute approximate surface area is 131 Å². The van der Waals surface area contributed by atoms with Gasteiger partial charge in [-0.2, -0.15) is 0 Å². The molecule has 1 unspecified atom stereocenters. The number of nitrogens with one attached hydrogen (secondary N) is 1. The fourth-order valence-corrected chi connectivity index (χ4v) is 2.10. The first kappa shape index (κ1) is 14.8. The topological polar surface area (TPSA) is 81.4 Å². The summed E-state index contributed by atoms with van der Waals surface area (Å²) in [6.45, 7) is 1.61. The molecule has 0 radical (unpaired) electrons. The van der Waals surface area contributed by atoms with E-state index in [1.807, 2.05) is 0 Å². The summed E-state index contributed by atoms with van der Waals surface area (Å²) in [5.41, 5.74) is 0.509. The molecule has 0 aliphatic rings. The predicted octanol–water partition coefficient (Wildman–Crippen LogP) is 2.59. The minimum absolute atomic E-state index is 0.314. The van der Waals surface area contributed by atoms with Crippen molar-refractivity contribution in [1.82, 2.24) is 4.98 Å². The summed E-state index contributed by atoms with van der Waals surface area (Å²) in [5, 5.41) is 3.35. The Bertz CT molecular complexity index is 890. The van der Waals surface area contributed by atoms with E-state index in [4.69, 9.17) is 9.15 Å². The Hall–Kier alpha value is -3.15. The van der Waals surface area contributed by atoms with E-state index in [-0.39, 0.29) is 5.91 Å². The van der Waals surface area contributed by atoms with Crippen LogP contribution in [0.25, 0.3) is 11.0 Å². The number of pyridine rings is 1. The lowest BCUT2D eigenvalue weighted by atomic mass is 10.2. The van der Waals surface area contributed by atoms with Crippen molar-refractivity contribution in [1.29, 1.82) is 0 Å². The summed E-state index contributed by atoms with van der Waals surface area (Å²) in [6, 6.07) is 11.6. The van der Waals surface area contributed by atoms with Gasteiger partial charge >= 0.3 is 5.63 Å². The van der Waals surface area contributed by atoms with Crippen molar-refractivity contribution >= 4 is 22.6 Å². The Morgan fingerprint density at radius 2 is 1.96 bits per heavy atom. The van der Waals surface area contributed by atoms with Crippen molar-refractivity contribution in [3.05, 3.63) is 65.3 Å². The molecule has 2 heterocycles. The maximum atomic E-state index is 12.2. The van der Waals surface area contributed by atoms with Crippen LogP contribution >= 0.6 is 0 Å². The first-order valence-electron chi connectivity index (χ1n) is 7.04. The van der Waals surface area contributed by atoms with E-state index in [0.29, 0.717) is 22.4 Å². The van der Waals surface area contributed by atoms with E-state index in [0.717, 1.165) is 0 Å². The van der Waals surface area contributed by atoms with Crippen molar-refractivity contribution in [2.45, 2.75) is 13.0 Å². The molecule has 0 aliphatic heterocycles. The van der Waals surface area contributed by atoms with Gasteiger partial charge in [-0.15, -0.1) is 0 Å². The molecule has 1 atom stereocenters. The molecule has 0 saturated heterocycles. The van der Waals surface area contributed by atoms with Gasteiger partial charge < -0.3 is 14.5 Å². The lowest BCUT2D eigenvalue weighted by Crippen LogP contribution is -2.30. The zero-order chi connectivity index (χ0) is 16.2. The molecule has 0 bridgehead atoms. The average molecular weight is 310 g/mol. The third-order valence-electron chi connectivity index (χ3n) is 3.23. The second-order valence-electron chi connectivity index (χ2n) is 4.91. The van der Waals surface area contributed by atoms with Crippen molar-refractivity contribution in [2.24, 2.45) is 0 Å². The number of fused-ring (bicyclic) bond motifs is 1. The summed E-state index contributed by atoms with van der Waals surface area (Å²) < 4.78 is 10.8. The molecular formula is C17H14N2O4. The second kappa shape index (κ2) is 6.31. The molecule has 1 aromatic carbocycles. The molecule has 2 aromatic heterocycles. The van der Waals surface area contributed by atoms with Crippen LogP contribution in [0.1, 0.15) is 6.92 Å². The molecule has 0 aliphatic carbocycles. The highest BCUT2D eigenvalue weighted by Gasteiger charge is 2.17. The zero-order valence-corrected chi connectivity index (χ0v) is 12.4. The van der Waals surface area contributed by atoms with Crippen LogP contribution in [0, 0.1) is 0 Å². The van der Waals surface area contributed by atoms with E-state index in [1.165, 1.54) is 6.07 Å². The smallest absolute Gasteiger partial charge is 0.339 e. The molecule has 116 valence electrons. The standard InChI is InChI=1S/C17H14N2O4/c1-11(17(21)19-12-6-8-18-9-7-12)22-15-10-16(20)23-14-5-3-2-4-13(14)15/h2-11H,1H3,(H,18,19,21). The van der Waals surface area contributed by atoms with Crippen LogP contribution in [0.2, 0.25) is 0 Å². The predicted molar refractivity (Wildman–Crippen MR) is 85.4 cm³/mol. The fraction of sp³-hybridized carbons (Fsp3) is 0.118. The Balaban J connectivity index is 1.81. The Morgan fingerprint density at radius 3 is 2.74 bits per heavy atom. The van der Waals surface area contributed by atoms with Gasteiger partial charge in [0.2, 0.25) is 0 Å². The number of anilines is 1. The van der Waals surface area contributed by atoms with Gasteiger partial charge in [0.1, 0.15) is 11.3 Å². The highest BCUT2D eigenvalue weighted by atomic mass is 16.5. The molecular weight excluding hydrogens is 296 g/mol. The van der Waals surface area contributed by atoms with E-state index in [1.54, 1.807) is 55.7 Å².